The van der Waals surface area contributed by atoms with Crippen LogP contribution in [0, 0.1) is 0 Å². The van der Waals surface area contributed by atoms with Crippen molar-refractivity contribution in [3.05, 3.63) is 93.6 Å². The molecule has 0 saturated carbocycles. The van der Waals surface area contributed by atoms with Gasteiger partial charge in [0, 0.05) is 18.8 Å². The fraction of sp³-hybridized carbons (Fsp3) is 0.345. The van der Waals surface area contributed by atoms with Crippen molar-refractivity contribution >= 4 is 29.4 Å². The zero-order valence-electron chi connectivity index (χ0n) is 21.5. The van der Waals surface area contributed by atoms with E-state index >= 15 is 0 Å². The molecule has 1 aliphatic carbocycles. The summed E-state index contributed by atoms with van der Waals surface area (Å²) in [5.74, 6) is 0.0401. The second kappa shape index (κ2) is 11.8. The van der Waals surface area contributed by atoms with Gasteiger partial charge in [0.15, 0.2) is 5.82 Å². The minimum atomic E-state index is -0.418. The van der Waals surface area contributed by atoms with Gasteiger partial charge in [-0.3, -0.25) is 20.5 Å². The molecule has 8 nitrogen and oxygen atoms in total. The number of benzene rings is 2. The molecule has 0 radical (unpaired) electrons. The third-order valence-corrected chi connectivity index (χ3v) is 7.76. The Morgan fingerprint density at radius 2 is 1.74 bits per heavy atom. The summed E-state index contributed by atoms with van der Waals surface area (Å²) in [5.41, 5.74) is 10.4. The lowest BCUT2D eigenvalue weighted by Crippen LogP contribution is -2.41. The number of hydrogen-bond acceptors (Lipinski definition) is 5. The van der Waals surface area contributed by atoms with E-state index in [0.717, 1.165) is 49.9 Å². The molecular weight excluding hydrogens is 500 g/mol. The first kappa shape index (κ1) is 26.0. The summed E-state index contributed by atoms with van der Waals surface area (Å²) in [5, 5.41) is 6.32. The number of pyridine rings is 1. The molecule has 5 rings (SSSR count). The van der Waals surface area contributed by atoms with Gasteiger partial charge in [0.1, 0.15) is 0 Å². The highest BCUT2D eigenvalue weighted by Gasteiger charge is 2.25. The number of carbonyl (C=O) groups is 2. The maximum Gasteiger partial charge on any atom is 0.334 e. The van der Waals surface area contributed by atoms with Gasteiger partial charge >= 0.3 is 6.03 Å². The molecule has 3 aromatic rings. The number of nitrogens with one attached hydrogen (secondary N) is 4. The van der Waals surface area contributed by atoms with Crippen LogP contribution < -0.4 is 21.5 Å². The molecule has 1 fully saturated rings. The van der Waals surface area contributed by atoms with Crippen LogP contribution in [-0.2, 0) is 12.8 Å². The quantitative estimate of drug-likeness (QED) is 0.337. The molecule has 1 aromatic heterocycles. The number of likely N-dealkylation sites (N-methyl/N-ethyl adjacent to an activating group) is 1. The fourth-order valence-electron chi connectivity index (χ4n) is 5.47. The normalized spacial score (nSPS) is 17.2. The van der Waals surface area contributed by atoms with Gasteiger partial charge in [-0.2, -0.15) is 0 Å². The Kier molecular flexibility index (Phi) is 8.10. The summed E-state index contributed by atoms with van der Waals surface area (Å²) in [7, 11) is 0. The second-order valence-corrected chi connectivity index (χ2v) is 10.2. The lowest BCUT2D eigenvalue weighted by atomic mass is 9.95. The number of fused-ring (bicyclic) bond motifs is 2. The van der Waals surface area contributed by atoms with E-state index < -0.39 is 6.03 Å². The van der Waals surface area contributed by atoms with Gasteiger partial charge in [-0.1, -0.05) is 67.1 Å². The second-order valence-electron chi connectivity index (χ2n) is 9.74. The average molecular weight is 533 g/mol. The Hall–Kier alpha value is -3.62. The number of amides is 3. The smallest absolute Gasteiger partial charge is 0.334 e. The summed E-state index contributed by atoms with van der Waals surface area (Å²) in [6.07, 6.45) is 5.53. The van der Waals surface area contributed by atoms with Gasteiger partial charge in [0.2, 0.25) is 0 Å². The first-order chi connectivity index (χ1) is 18.5. The molecule has 2 aliphatic rings. The molecule has 1 unspecified atom stereocenters. The standard InChI is InChI=1S/C29H33ClN6O2/c1-2-36-15-7-10-22(36)18-32-28(37)21-16-25(30)27(31-17-21)34-35-29(38)33-26-23-11-5-3-8-19(23)13-14-20-9-4-6-12-24(20)26/h3-6,8-9,11-12,16-17,22,26H,2,7,10,13-15,18H2,1H3,(H,31,34)(H,32,37)(H2,33,35,38). The number of aromatic nitrogens is 1. The van der Waals surface area contributed by atoms with Crippen molar-refractivity contribution in [3.8, 4) is 0 Å². The van der Waals surface area contributed by atoms with Crippen molar-refractivity contribution < 1.29 is 9.59 Å². The first-order valence-corrected chi connectivity index (χ1v) is 13.6. The number of rotatable bonds is 7. The van der Waals surface area contributed by atoms with Crippen LogP contribution in [0.4, 0.5) is 10.6 Å². The number of hydrazine groups is 1. The number of hydrogen-bond donors (Lipinski definition) is 4. The van der Waals surface area contributed by atoms with Crippen molar-refractivity contribution in [1.82, 2.24) is 25.9 Å². The molecule has 1 aliphatic heterocycles. The van der Waals surface area contributed by atoms with Crippen LogP contribution in [0.3, 0.4) is 0 Å². The fourth-order valence-corrected chi connectivity index (χ4v) is 5.69. The van der Waals surface area contributed by atoms with E-state index in [1.807, 2.05) is 24.3 Å². The maximum atomic E-state index is 12.9. The number of urea groups is 1. The van der Waals surface area contributed by atoms with Crippen LogP contribution in [0.1, 0.15) is 58.4 Å². The minimum Gasteiger partial charge on any atom is -0.350 e. The Morgan fingerprint density at radius 1 is 1.05 bits per heavy atom. The third kappa shape index (κ3) is 5.76. The van der Waals surface area contributed by atoms with E-state index in [9.17, 15) is 9.59 Å². The van der Waals surface area contributed by atoms with Gasteiger partial charge in [-0.25, -0.2) is 9.78 Å². The number of likely N-dealkylation sites (tertiary alicyclic amines) is 1. The summed E-state index contributed by atoms with van der Waals surface area (Å²) in [6, 6.07) is 17.6. The van der Waals surface area contributed by atoms with E-state index in [-0.39, 0.29) is 22.8 Å². The zero-order valence-corrected chi connectivity index (χ0v) is 22.2. The van der Waals surface area contributed by atoms with Crippen LogP contribution >= 0.6 is 11.6 Å². The Balaban J connectivity index is 1.21. The van der Waals surface area contributed by atoms with Crippen molar-refractivity contribution in [1.29, 1.82) is 0 Å². The molecule has 1 atom stereocenters. The van der Waals surface area contributed by atoms with Gasteiger partial charge in [-0.05, 0) is 67.1 Å². The molecule has 2 heterocycles. The molecule has 9 heteroatoms. The van der Waals surface area contributed by atoms with Crippen LogP contribution in [0.25, 0.3) is 0 Å². The monoisotopic (exact) mass is 532 g/mol. The number of aryl methyl sites for hydroxylation is 2. The van der Waals surface area contributed by atoms with Gasteiger partial charge < -0.3 is 10.6 Å². The van der Waals surface area contributed by atoms with E-state index in [0.29, 0.717) is 18.2 Å². The summed E-state index contributed by atoms with van der Waals surface area (Å²) in [6.45, 7) is 4.79. The Morgan fingerprint density at radius 3 is 2.39 bits per heavy atom. The van der Waals surface area contributed by atoms with E-state index in [1.54, 1.807) is 6.07 Å². The lowest BCUT2D eigenvalue weighted by Gasteiger charge is -2.23. The average Bonchev–Trinajstić information content (AvgIpc) is 3.34. The van der Waals surface area contributed by atoms with Crippen molar-refractivity contribution in [2.24, 2.45) is 0 Å². The van der Waals surface area contributed by atoms with Gasteiger partial charge in [0.05, 0.1) is 16.6 Å². The first-order valence-electron chi connectivity index (χ1n) is 13.2. The highest BCUT2D eigenvalue weighted by Crippen LogP contribution is 2.32. The van der Waals surface area contributed by atoms with Crippen LogP contribution in [0.2, 0.25) is 5.02 Å². The van der Waals surface area contributed by atoms with Gasteiger partial charge in [0.25, 0.3) is 5.91 Å². The highest BCUT2D eigenvalue weighted by atomic mass is 35.5. The number of carbonyl (C=O) groups excluding carboxylic acids is 2. The summed E-state index contributed by atoms with van der Waals surface area (Å²) >= 11 is 6.39. The summed E-state index contributed by atoms with van der Waals surface area (Å²) < 4.78 is 0. The molecule has 38 heavy (non-hydrogen) atoms. The van der Waals surface area contributed by atoms with Crippen LogP contribution in [0.5, 0.6) is 0 Å². The van der Waals surface area contributed by atoms with Crippen molar-refractivity contribution in [3.63, 3.8) is 0 Å². The Bertz CT molecular complexity index is 1270. The topological polar surface area (TPSA) is 98.4 Å². The number of nitrogens with zero attached hydrogens (tertiary/aromatic N) is 2. The van der Waals surface area contributed by atoms with E-state index in [2.05, 4.69) is 62.6 Å². The van der Waals surface area contributed by atoms with Crippen molar-refractivity contribution in [2.75, 3.05) is 25.1 Å². The van der Waals surface area contributed by atoms with Crippen molar-refractivity contribution in [2.45, 2.75) is 44.7 Å². The lowest BCUT2D eigenvalue weighted by molar-refractivity contribution is 0.0941. The van der Waals surface area contributed by atoms with Crippen LogP contribution in [-0.4, -0.2) is 47.5 Å². The van der Waals surface area contributed by atoms with E-state index in [4.69, 9.17) is 11.6 Å². The maximum absolute atomic E-state index is 12.9. The number of halogens is 1. The van der Waals surface area contributed by atoms with E-state index in [1.165, 1.54) is 17.3 Å². The minimum absolute atomic E-state index is 0.217. The summed E-state index contributed by atoms with van der Waals surface area (Å²) in [4.78, 5) is 32.2. The molecule has 4 N–H and O–H groups in total. The molecule has 0 bridgehead atoms. The molecular formula is C29H33ClN6O2. The van der Waals surface area contributed by atoms with Gasteiger partial charge in [-0.15, -0.1) is 0 Å². The Labute approximate surface area is 228 Å². The number of anilines is 1. The third-order valence-electron chi connectivity index (χ3n) is 7.47. The SMILES string of the molecule is CCN1CCCC1CNC(=O)c1cnc(NNC(=O)NC2c3ccccc3CCc3ccccc32)c(Cl)c1. The predicted molar refractivity (Wildman–Crippen MR) is 149 cm³/mol. The molecule has 3 amide bonds. The largest absolute Gasteiger partial charge is 0.350 e. The molecule has 1 saturated heterocycles. The molecule has 0 spiro atoms. The van der Waals surface area contributed by atoms with Crippen LogP contribution in [0.15, 0.2) is 60.8 Å². The predicted octanol–water partition coefficient (Wildman–Crippen LogP) is 4.46. The molecule has 198 valence electrons. The zero-order chi connectivity index (χ0) is 26.5. The molecule has 2 aromatic carbocycles. The highest BCUT2D eigenvalue weighted by molar-refractivity contribution is 6.33.